The fourth-order valence-electron chi connectivity index (χ4n) is 1.51. The third-order valence-corrected chi connectivity index (χ3v) is 2.35. The van der Waals surface area contributed by atoms with Crippen molar-refractivity contribution in [3.63, 3.8) is 0 Å². The first-order chi connectivity index (χ1) is 9.05. The molecule has 0 bridgehead atoms. The molecule has 0 heterocycles. The molecule has 20 heavy (non-hydrogen) atoms. The molecule has 0 amide bonds. The molecule has 0 fully saturated rings. The van der Waals surface area contributed by atoms with Crippen molar-refractivity contribution in [3.05, 3.63) is 12.3 Å². The molecule has 9 heteroatoms. The van der Waals surface area contributed by atoms with E-state index in [4.69, 9.17) is 10.5 Å². The van der Waals surface area contributed by atoms with Gasteiger partial charge >= 0.3 is 12.4 Å². The number of allylic oxidation sites excluding steroid dienone is 1. The van der Waals surface area contributed by atoms with Crippen LogP contribution in [0.4, 0.5) is 26.3 Å². The lowest BCUT2D eigenvalue weighted by molar-refractivity contribution is -0.302. The second-order valence-corrected chi connectivity index (χ2v) is 3.74. The minimum Gasteiger partial charge on any atom is -0.502 e. The molecule has 0 saturated heterocycles. The zero-order chi connectivity index (χ0) is 16.0. The van der Waals surface area contributed by atoms with Crippen LogP contribution < -0.4 is 0 Å². The van der Waals surface area contributed by atoms with Gasteiger partial charge in [-0.25, -0.2) is 0 Å². The molecule has 0 aliphatic heterocycles. The van der Waals surface area contributed by atoms with Gasteiger partial charge in [0, 0.05) is 6.42 Å². The van der Waals surface area contributed by atoms with Crippen molar-refractivity contribution in [1.29, 1.82) is 10.5 Å². The van der Waals surface area contributed by atoms with Gasteiger partial charge in [-0.2, -0.15) is 36.9 Å². The monoisotopic (exact) mass is 300 g/mol. The van der Waals surface area contributed by atoms with E-state index >= 15 is 0 Å². The molecule has 0 aromatic carbocycles. The van der Waals surface area contributed by atoms with Crippen LogP contribution in [0.1, 0.15) is 13.3 Å². The van der Waals surface area contributed by atoms with Gasteiger partial charge in [0.1, 0.15) is 0 Å². The van der Waals surface area contributed by atoms with Gasteiger partial charge in [0.25, 0.3) is 0 Å². The lowest BCUT2D eigenvalue weighted by Crippen LogP contribution is -2.47. The number of hydrogen-bond acceptors (Lipinski definition) is 3. The number of rotatable bonds is 5. The van der Waals surface area contributed by atoms with Crippen LogP contribution in [-0.2, 0) is 4.74 Å². The first-order valence-electron chi connectivity index (χ1n) is 5.27. The largest absolute Gasteiger partial charge is 0.502 e. The molecule has 0 aromatic heterocycles. The number of halogens is 6. The van der Waals surface area contributed by atoms with Crippen LogP contribution in [0.15, 0.2) is 12.3 Å². The van der Waals surface area contributed by atoms with E-state index in [1.165, 1.54) is 0 Å². The van der Waals surface area contributed by atoms with Gasteiger partial charge in [-0.05, 0) is 13.0 Å². The van der Waals surface area contributed by atoms with Crippen LogP contribution in [0.3, 0.4) is 0 Å². The Morgan fingerprint density at radius 3 is 1.80 bits per heavy atom. The zero-order valence-corrected chi connectivity index (χ0v) is 10.2. The van der Waals surface area contributed by atoms with E-state index in [2.05, 4.69) is 4.74 Å². The molecule has 0 radical (unpaired) electrons. The van der Waals surface area contributed by atoms with Gasteiger partial charge in [-0.15, -0.1) is 0 Å². The minimum atomic E-state index is -5.76. The van der Waals surface area contributed by atoms with Crippen molar-refractivity contribution in [1.82, 2.24) is 0 Å². The number of ether oxygens (including phenoxy) is 1. The Balaban J connectivity index is 5.63. The number of alkyl halides is 6. The smallest absolute Gasteiger partial charge is 0.403 e. The third-order valence-electron chi connectivity index (χ3n) is 2.35. The quantitative estimate of drug-likeness (QED) is 0.574. The summed E-state index contributed by atoms with van der Waals surface area (Å²) in [5, 5.41) is 17.4. The second kappa shape index (κ2) is 6.51. The van der Waals surface area contributed by atoms with E-state index in [-0.39, 0.29) is 6.61 Å². The van der Waals surface area contributed by atoms with Gasteiger partial charge in [-0.3, -0.25) is 0 Å². The van der Waals surface area contributed by atoms with Crippen LogP contribution in [0.25, 0.3) is 0 Å². The maximum atomic E-state index is 12.6. The molecule has 0 aliphatic rings. The van der Waals surface area contributed by atoms with E-state index in [9.17, 15) is 26.3 Å². The molecular weight excluding hydrogens is 290 g/mol. The van der Waals surface area contributed by atoms with Crippen molar-refractivity contribution in [2.45, 2.75) is 25.7 Å². The normalized spacial score (nSPS) is 13.3. The zero-order valence-electron chi connectivity index (χ0n) is 10.2. The second-order valence-electron chi connectivity index (χ2n) is 3.74. The standard InChI is InChI=1S/C11H10F6N2O/c1-2-20-5-3-4-9(6-18,7-19)8(10(12,13)14)11(15,16)17/h3,5,8H,2,4H2,1H3/b5-3-. The van der Waals surface area contributed by atoms with Crippen LogP contribution in [0.2, 0.25) is 0 Å². The molecule has 0 aliphatic carbocycles. The Morgan fingerprint density at radius 1 is 1.05 bits per heavy atom. The van der Waals surface area contributed by atoms with Gasteiger partial charge < -0.3 is 4.74 Å². The van der Waals surface area contributed by atoms with Crippen molar-refractivity contribution >= 4 is 0 Å². The summed E-state index contributed by atoms with van der Waals surface area (Å²) >= 11 is 0. The average molecular weight is 300 g/mol. The Kier molecular flexibility index (Phi) is 5.89. The summed E-state index contributed by atoms with van der Waals surface area (Å²) in [6, 6.07) is 1.69. The van der Waals surface area contributed by atoms with Crippen LogP contribution in [0.5, 0.6) is 0 Å². The number of nitriles is 2. The Bertz CT molecular complexity index is 398. The molecule has 0 aromatic rings. The number of hydrogen-bond donors (Lipinski definition) is 0. The summed E-state index contributed by atoms with van der Waals surface area (Å²) in [5.74, 6) is -4.05. The van der Waals surface area contributed by atoms with Crippen molar-refractivity contribution in [2.24, 2.45) is 11.3 Å². The molecular formula is C11H10F6N2O. The maximum Gasteiger partial charge on any atom is 0.403 e. The molecule has 0 spiro atoms. The van der Waals surface area contributed by atoms with Gasteiger partial charge in [0.05, 0.1) is 25.0 Å². The fourth-order valence-corrected chi connectivity index (χ4v) is 1.51. The highest BCUT2D eigenvalue weighted by molar-refractivity contribution is 5.21. The van der Waals surface area contributed by atoms with Crippen molar-refractivity contribution < 1.29 is 31.1 Å². The van der Waals surface area contributed by atoms with E-state index in [1.807, 2.05) is 0 Å². The Labute approximate surface area is 111 Å². The molecule has 0 N–H and O–H groups in total. The number of nitrogens with zero attached hydrogens (tertiary/aromatic N) is 2. The van der Waals surface area contributed by atoms with Gasteiger partial charge in [0.2, 0.25) is 0 Å². The SMILES string of the molecule is CCO/C=C\CC(C#N)(C#N)C(C(F)(F)F)C(F)(F)F. The first kappa shape index (κ1) is 18.1. The summed E-state index contributed by atoms with van der Waals surface area (Å²) in [5.41, 5.74) is -3.29. The lowest BCUT2D eigenvalue weighted by atomic mass is 9.74. The summed E-state index contributed by atoms with van der Waals surface area (Å²) in [6.07, 6.45) is -10.9. The lowest BCUT2D eigenvalue weighted by Gasteiger charge is -2.31. The highest BCUT2D eigenvalue weighted by atomic mass is 19.4. The van der Waals surface area contributed by atoms with E-state index in [0.29, 0.717) is 0 Å². The Morgan fingerprint density at radius 2 is 1.50 bits per heavy atom. The van der Waals surface area contributed by atoms with Crippen LogP contribution in [0, 0.1) is 34.0 Å². The highest BCUT2D eigenvalue weighted by Gasteiger charge is 2.67. The summed E-state index contributed by atoms with van der Waals surface area (Å²) < 4.78 is 80.1. The maximum absolute atomic E-state index is 12.6. The van der Waals surface area contributed by atoms with Gasteiger partial charge in [-0.1, -0.05) is 0 Å². The molecule has 0 atom stereocenters. The van der Waals surface area contributed by atoms with Crippen LogP contribution >= 0.6 is 0 Å². The molecule has 0 saturated carbocycles. The predicted molar refractivity (Wildman–Crippen MR) is 54.6 cm³/mol. The molecule has 112 valence electrons. The molecule has 0 rings (SSSR count). The third kappa shape index (κ3) is 4.34. The minimum absolute atomic E-state index is 0.143. The van der Waals surface area contributed by atoms with Crippen LogP contribution in [-0.4, -0.2) is 19.0 Å². The van der Waals surface area contributed by atoms with E-state index < -0.39 is 30.1 Å². The van der Waals surface area contributed by atoms with E-state index in [0.717, 1.165) is 24.5 Å². The summed E-state index contributed by atoms with van der Waals surface area (Å²) in [4.78, 5) is 0. The fraction of sp³-hybridized carbons (Fsp3) is 0.636. The van der Waals surface area contributed by atoms with E-state index in [1.54, 1.807) is 6.92 Å². The van der Waals surface area contributed by atoms with Crippen molar-refractivity contribution in [2.75, 3.05) is 6.61 Å². The average Bonchev–Trinajstić information content (AvgIpc) is 2.29. The topological polar surface area (TPSA) is 56.8 Å². The van der Waals surface area contributed by atoms with Crippen molar-refractivity contribution in [3.8, 4) is 12.1 Å². The Hall–Kier alpha value is -1.90. The molecule has 3 nitrogen and oxygen atoms in total. The predicted octanol–water partition coefficient (Wildman–Crippen LogP) is 3.70. The molecule has 0 unspecified atom stereocenters. The first-order valence-corrected chi connectivity index (χ1v) is 5.27. The van der Waals surface area contributed by atoms with Gasteiger partial charge in [0.15, 0.2) is 11.3 Å². The highest BCUT2D eigenvalue weighted by Crippen LogP contribution is 2.50. The summed E-state index contributed by atoms with van der Waals surface area (Å²) in [6.45, 7) is 1.69. The summed E-state index contributed by atoms with van der Waals surface area (Å²) in [7, 11) is 0.